The molecule has 0 spiro atoms. The standard InChI is InChI=1S/C10H11Cl2NOS/c11-7-3-6-9(4-8(7)12)15-2-1-10(6,14)5-13/h3-4,14H,1-2,5,13H2. The van der Waals surface area contributed by atoms with Crippen LogP contribution in [0.2, 0.25) is 10.0 Å². The van der Waals surface area contributed by atoms with Crippen LogP contribution in [-0.4, -0.2) is 17.4 Å². The van der Waals surface area contributed by atoms with Crippen molar-refractivity contribution in [3.63, 3.8) is 0 Å². The predicted molar refractivity (Wildman–Crippen MR) is 64.8 cm³/mol. The lowest BCUT2D eigenvalue weighted by Crippen LogP contribution is -2.37. The Balaban J connectivity index is 2.56. The third-order valence-electron chi connectivity index (χ3n) is 2.63. The van der Waals surface area contributed by atoms with Gasteiger partial charge in [0.15, 0.2) is 0 Å². The molecule has 2 rings (SSSR count). The first-order chi connectivity index (χ1) is 7.07. The highest BCUT2D eigenvalue weighted by molar-refractivity contribution is 7.99. The summed E-state index contributed by atoms with van der Waals surface area (Å²) >= 11 is 13.5. The van der Waals surface area contributed by atoms with Crippen molar-refractivity contribution in [3.8, 4) is 0 Å². The first-order valence-electron chi connectivity index (χ1n) is 4.61. The highest BCUT2D eigenvalue weighted by atomic mass is 35.5. The summed E-state index contributed by atoms with van der Waals surface area (Å²) in [5.74, 6) is 0.846. The zero-order valence-electron chi connectivity index (χ0n) is 7.96. The number of aliphatic hydroxyl groups is 1. The van der Waals surface area contributed by atoms with Crippen LogP contribution in [0.5, 0.6) is 0 Å². The van der Waals surface area contributed by atoms with Gasteiger partial charge in [0, 0.05) is 17.2 Å². The number of hydrogen-bond acceptors (Lipinski definition) is 3. The quantitative estimate of drug-likeness (QED) is 0.819. The van der Waals surface area contributed by atoms with Crippen molar-refractivity contribution in [2.45, 2.75) is 16.9 Å². The molecular formula is C10H11Cl2NOS. The third kappa shape index (κ3) is 1.99. The molecule has 0 aliphatic carbocycles. The zero-order chi connectivity index (χ0) is 11.1. The largest absolute Gasteiger partial charge is 0.384 e. The lowest BCUT2D eigenvalue weighted by molar-refractivity contribution is 0.0386. The maximum atomic E-state index is 10.3. The Kier molecular flexibility index (Phi) is 3.20. The minimum atomic E-state index is -0.950. The van der Waals surface area contributed by atoms with Crippen molar-refractivity contribution in [2.24, 2.45) is 5.73 Å². The number of fused-ring (bicyclic) bond motifs is 1. The first kappa shape index (κ1) is 11.6. The molecule has 1 atom stereocenters. The van der Waals surface area contributed by atoms with E-state index in [0.717, 1.165) is 16.2 Å². The van der Waals surface area contributed by atoms with Gasteiger partial charge in [-0.3, -0.25) is 0 Å². The third-order valence-corrected chi connectivity index (χ3v) is 4.41. The highest BCUT2D eigenvalue weighted by Gasteiger charge is 2.34. The second-order valence-corrected chi connectivity index (χ2v) is 5.55. The van der Waals surface area contributed by atoms with E-state index in [-0.39, 0.29) is 6.54 Å². The molecule has 82 valence electrons. The average molecular weight is 264 g/mol. The van der Waals surface area contributed by atoms with Gasteiger partial charge in [-0.2, -0.15) is 0 Å². The maximum absolute atomic E-state index is 10.3. The van der Waals surface area contributed by atoms with E-state index in [4.69, 9.17) is 28.9 Å². The van der Waals surface area contributed by atoms with Crippen molar-refractivity contribution >= 4 is 35.0 Å². The number of rotatable bonds is 1. The smallest absolute Gasteiger partial charge is 0.104 e. The van der Waals surface area contributed by atoms with Gasteiger partial charge in [0.2, 0.25) is 0 Å². The van der Waals surface area contributed by atoms with Crippen LogP contribution >= 0.6 is 35.0 Å². The fourth-order valence-electron chi connectivity index (χ4n) is 1.69. The average Bonchev–Trinajstić information content (AvgIpc) is 2.22. The molecule has 1 aromatic rings. The molecule has 15 heavy (non-hydrogen) atoms. The van der Waals surface area contributed by atoms with Crippen molar-refractivity contribution in [3.05, 3.63) is 27.7 Å². The summed E-state index contributed by atoms with van der Waals surface area (Å²) in [5, 5.41) is 11.3. The fourth-order valence-corrected chi connectivity index (χ4v) is 3.35. The van der Waals surface area contributed by atoms with Crippen LogP contribution < -0.4 is 5.73 Å². The predicted octanol–water partition coefficient (Wildman–Crippen LogP) is 2.64. The topological polar surface area (TPSA) is 46.2 Å². The molecule has 0 fully saturated rings. The van der Waals surface area contributed by atoms with Crippen LogP contribution in [0.1, 0.15) is 12.0 Å². The molecule has 5 heteroatoms. The van der Waals surface area contributed by atoms with E-state index >= 15 is 0 Å². The fraction of sp³-hybridized carbons (Fsp3) is 0.400. The van der Waals surface area contributed by atoms with Crippen LogP contribution in [0, 0.1) is 0 Å². The molecule has 1 aliphatic heterocycles. The normalized spacial score (nSPS) is 25.1. The Morgan fingerprint density at radius 3 is 2.73 bits per heavy atom. The van der Waals surface area contributed by atoms with E-state index in [1.165, 1.54) is 0 Å². The lowest BCUT2D eigenvalue weighted by Gasteiger charge is -2.33. The van der Waals surface area contributed by atoms with Gasteiger partial charge in [-0.05, 0) is 24.1 Å². The molecule has 1 heterocycles. The van der Waals surface area contributed by atoms with Crippen LogP contribution in [0.3, 0.4) is 0 Å². The summed E-state index contributed by atoms with van der Waals surface area (Å²) in [7, 11) is 0. The Hall–Kier alpha value is 0.0700. The molecule has 1 aromatic carbocycles. The van der Waals surface area contributed by atoms with E-state index in [1.54, 1.807) is 23.9 Å². The van der Waals surface area contributed by atoms with E-state index in [0.29, 0.717) is 16.5 Å². The summed E-state index contributed by atoms with van der Waals surface area (Å²) in [5.41, 5.74) is 5.46. The van der Waals surface area contributed by atoms with Crippen LogP contribution in [0.25, 0.3) is 0 Å². The number of nitrogens with two attached hydrogens (primary N) is 1. The monoisotopic (exact) mass is 263 g/mol. The van der Waals surface area contributed by atoms with E-state index < -0.39 is 5.60 Å². The Morgan fingerprint density at radius 1 is 1.40 bits per heavy atom. The Labute approximate surface area is 103 Å². The van der Waals surface area contributed by atoms with Gasteiger partial charge in [0.25, 0.3) is 0 Å². The number of hydrogen-bond donors (Lipinski definition) is 2. The molecule has 0 amide bonds. The first-order valence-corrected chi connectivity index (χ1v) is 6.36. The molecule has 2 nitrogen and oxygen atoms in total. The molecule has 0 radical (unpaired) electrons. The van der Waals surface area contributed by atoms with Crippen molar-refractivity contribution in [2.75, 3.05) is 12.3 Å². The molecule has 0 saturated carbocycles. The minimum Gasteiger partial charge on any atom is -0.384 e. The van der Waals surface area contributed by atoms with Crippen LogP contribution in [0.4, 0.5) is 0 Å². The van der Waals surface area contributed by atoms with Crippen molar-refractivity contribution in [1.29, 1.82) is 0 Å². The van der Waals surface area contributed by atoms with Gasteiger partial charge in [0.05, 0.1) is 10.0 Å². The minimum absolute atomic E-state index is 0.207. The molecule has 0 saturated heterocycles. The van der Waals surface area contributed by atoms with Gasteiger partial charge in [-0.15, -0.1) is 11.8 Å². The van der Waals surface area contributed by atoms with Crippen molar-refractivity contribution in [1.82, 2.24) is 0 Å². The van der Waals surface area contributed by atoms with Gasteiger partial charge in [-0.1, -0.05) is 23.2 Å². The molecule has 3 N–H and O–H groups in total. The van der Waals surface area contributed by atoms with E-state index in [9.17, 15) is 5.11 Å². The van der Waals surface area contributed by atoms with Gasteiger partial charge in [-0.25, -0.2) is 0 Å². The number of thioether (sulfide) groups is 1. The summed E-state index contributed by atoms with van der Waals surface area (Å²) in [6, 6.07) is 3.52. The molecule has 1 aliphatic rings. The number of benzene rings is 1. The summed E-state index contributed by atoms with van der Waals surface area (Å²) in [6.07, 6.45) is 0.652. The van der Waals surface area contributed by atoms with Gasteiger partial charge in [0.1, 0.15) is 5.60 Å². The molecule has 0 bridgehead atoms. The van der Waals surface area contributed by atoms with E-state index in [2.05, 4.69) is 0 Å². The molecule has 0 aromatic heterocycles. The van der Waals surface area contributed by atoms with Crippen molar-refractivity contribution < 1.29 is 5.11 Å². The highest BCUT2D eigenvalue weighted by Crippen LogP contribution is 2.43. The second-order valence-electron chi connectivity index (χ2n) is 3.60. The summed E-state index contributed by atoms with van der Waals surface area (Å²) in [4.78, 5) is 0.976. The van der Waals surface area contributed by atoms with Gasteiger partial charge < -0.3 is 10.8 Å². The summed E-state index contributed by atoms with van der Waals surface area (Å²) < 4.78 is 0. The number of halogens is 2. The lowest BCUT2D eigenvalue weighted by atomic mass is 9.91. The Morgan fingerprint density at radius 2 is 2.07 bits per heavy atom. The van der Waals surface area contributed by atoms with Crippen LogP contribution in [0.15, 0.2) is 17.0 Å². The summed E-state index contributed by atoms with van der Waals surface area (Å²) in [6.45, 7) is 0.207. The van der Waals surface area contributed by atoms with Gasteiger partial charge >= 0.3 is 0 Å². The molecular weight excluding hydrogens is 253 g/mol. The van der Waals surface area contributed by atoms with E-state index in [1.807, 2.05) is 0 Å². The maximum Gasteiger partial charge on any atom is 0.104 e. The van der Waals surface area contributed by atoms with Crippen LogP contribution in [-0.2, 0) is 5.60 Å². The Bertz CT molecular complexity index is 399. The zero-order valence-corrected chi connectivity index (χ0v) is 10.3. The SMILES string of the molecule is NCC1(O)CCSc2cc(Cl)c(Cl)cc21. The second kappa shape index (κ2) is 4.15. The molecule has 1 unspecified atom stereocenters.